The zero-order chi connectivity index (χ0) is 14.3. The number of methoxy groups -OCH3 is 1. The number of aromatic nitrogens is 1. The Morgan fingerprint density at radius 1 is 1.42 bits per heavy atom. The Labute approximate surface area is 111 Å². The smallest absolute Gasteiger partial charge is 0.435 e. The van der Waals surface area contributed by atoms with E-state index in [1.165, 1.54) is 7.11 Å². The van der Waals surface area contributed by atoms with Gasteiger partial charge in [-0.3, -0.25) is 0 Å². The van der Waals surface area contributed by atoms with E-state index in [9.17, 15) is 18.0 Å². The molecule has 1 saturated carbocycles. The van der Waals surface area contributed by atoms with Crippen molar-refractivity contribution in [2.24, 2.45) is 0 Å². The quantitative estimate of drug-likeness (QED) is 0.929. The van der Waals surface area contributed by atoms with E-state index in [1.807, 2.05) is 0 Å². The van der Waals surface area contributed by atoms with E-state index in [-0.39, 0.29) is 5.01 Å². The lowest BCUT2D eigenvalue weighted by Crippen LogP contribution is -2.24. The summed E-state index contributed by atoms with van der Waals surface area (Å²) in [5.74, 6) is -1.61. The lowest BCUT2D eigenvalue weighted by atomic mass is 10.0. The third-order valence-electron chi connectivity index (χ3n) is 3.28. The van der Waals surface area contributed by atoms with Gasteiger partial charge in [-0.1, -0.05) is 12.8 Å². The highest BCUT2D eigenvalue weighted by molar-refractivity contribution is 7.13. The van der Waals surface area contributed by atoms with Gasteiger partial charge < -0.3 is 9.84 Å². The van der Waals surface area contributed by atoms with Crippen molar-refractivity contribution in [1.82, 2.24) is 4.98 Å². The van der Waals surface area contributed by atoms with Crippen molar-refractivity contribution in [1.29, 1.82) is 0 Å². The number of halogens is 3. The van der Waals surface area contributed by atoms with E-state index in [1.54, 1.807) is 0 Å². The van der Waals surface area contributed by atoms with Crippen molar-refractivity contribution < 1.29 is 27.8 Å². The van der Waals surface area contributed by atoms with Gasteiger partial charge in [-0.2, -0.15) is 13.2 Å². The number of alkyl halides is 3. The SMILES string of the molecule is COC1(c2nc(C(F)(F)F)c(C(=O)O)s2)CCCC1. The molecule has 0 aromatic carbocycles. The number of hydrogen-bond donors (Lipinski definition) is 1. The first-order valence-electron chi connectivity index (χ1n) is 5.67. The summed E-state index contributed by atoms with van der Waals surface area (Å²) in [6.07, 6.45) is -1.98. The molecule has 8 heteroatoms. The van der Waals surface area contributed by atoms with E-state index in [2.05, 4.69) is 4.98 Å². The second-order valence-corrected chi connectivity index (χ2v) is 5.40. The van der Waals surface area contributed by atoms with Crippen molar-refractivity contribution in [2.75, 3.05) is 7.11 Å². The maximum Gasteiger partial charge on any atom is 0.435 e. The van der Waals surface area contributed by atoms with Gasteiger partial charge in [-0.25, -0.2) is 9.78 Å². The molecule has 0 unspecified atom stereocenters. The molecule has 4 nitrogen and oxygen atoms in total. The Balaban J connectivity index is 2.51. The number of carbonyl (C=O) groups is 1. The topological polar surface area (TPSA) is 59.4 Å². The maximum atomic E-state index is 12.8. The van der Waals surface area contributed by atoms with Crippen molar-refractivity contribution in [2.45, 2.75) is 37.5 Å². The fourth-order valence-corrected chi connectivity index (χ4v) is 3.45. The highest BCUT2D eigenvalue weighted by atomic mass is 32.1. The van der Waals surface area contributed by atoms with Crippen LogP contribution in [0.5, 0.6) is 0 Å². The van der Waals surface area contributed by atoms with Gasteiger partial charge in [0.25, 0.3) is 0 Å². The number of thiazole rings is 1. The molecule has 2 rings (SSSR count). The minimum atomic E-state index is -4.77. The predicted molar refractivity (Wildman–Crippen MR) is 61.2 cm³/mol. The lowest BCUT2D eigenvalue weighted by molar-refractivity contribution is -0.141. The lowest BCUT2D eigenvalue weighted by Gasteiger charge is -2.24. The molecule has 0 saturated heterocycles. The molecule has 0 bridgehead atoms. The molecular formula is C11H12F3NO3S. The van der Waals surface area contributed by atoms with E-state index < -0.39 is 28.3 Å². The first-order chi connectivity index (χ1) is 8.80. The summed E-state index contributed by atoms with van der Waals surface area (Å²) in [5.41, 5.74) is -2.19. The predicted octanol–water partition coefficient (Wildman–Crippen LogP) is 3.28. The average Bonchev–Trinajstić information content (AvgIpc) is 2.95. The fraction of sp³-hybridized carbons (Fsp3) is 0.636. The summed E-state index contributed by atoms with van der Waals surface area (Å²) in [6.45, 7) is 0. The second-order valence-electron chi connectivity index (χ2n) is 4.41. The third kappa shape index (κ3) is 2.46. The van der Waals surface area contributed by atoms with Gasteiger partial charge in [0.1, 0.15) is 15.5 Å². The Kier molecular flexibility index (Phi) is 3.57. The summed E-state index contributed by atoms with van der Waals surface area (Å²) < 4.78 is 43.7. The summed E-state index contributed by atoms with van der Waals surface area (Å²) in [4.78, 5) is 13.7. The molecule has 1 aromatic heterocycles. The van der Waals surface area contributed by atoms with Crippen LogP contribution in [0.2, 0.25) is 0 Å². The van der Waals surface area contributed by atoms with Crippen LogP contribution < -0.4 is 0 Å². The van der Waals surface area contributed by atoms with Crippen LogP contribution in [0.1, 0.15) is 46.1 Å². The van der Waals surface area contributed by atoms with Gasteiger partial charge in [0.05, 0.1) is 0 Å². The Morgan fingerprint density at radius 3 is 2.37 bits per heavy atom. The third-order valence-corrected chi connectivity index (χ3v) is 4.51. The fourth-order valence-electron chi connectivity index (χ4n) is 2.30. The van der Waals surface area contributed by atoms with Crippen LogP contribution >= 0.6 is 11.3 Å². The average molecular weight is 295 g/mol. The van der Waals surface area contributed by atoms with E-state index in [0.29, 0.717) is 24.2 Å². The monoisotopic (exact) mass is 295 g/mol. The van der Waals surface area contributed by atoms with Crippen LogP contribution in [0.25, 0.3) is 0 Å². The van der Waals surface area contributed by atoms with E-state index >= 15 is 0 Å². The van der Waals surface area contributed by atoms with E-state index in [0.717, 1.165) is 12.8 Å². The molecule has 0 atom stereocenters. The maximum absolute atomic E-state index is 12.8. The minimum absolute atomic E-state index is 0.109. The number of carboxylic acids is 1. The molecule has 1 aromatic rings. The highest BCUT2D eigenvalue weighted by Crippen LogP contribution is 2.45. The standard InChI is InChI=1S/C11H12F3NO3S/c1-18-10(4-2-3-5-10)9-15-7(11(12,13)14)6(19-9)8(16)17/h2-5H2,1H3,(H,16,17). The van der Waals surface area contributed by atoms with Gasteiger partial charge in [0, 0.05) is 7.11 Å². The van der Waals surface area contributed by atoms with E-state index in [4.69, 9.17) is 9.84 Å². The minimum Gasteiger partial charge on any atom is -0.477 e. The van der Waals surface area contributed by atoms with Crippen LogP contribution in [-0.2, 0) is 16.5 Å². The molecule has 1 aliphatic carbocycles. The second kappa shape index (κ2) is 4.75. The number of rotatable bonds is 3. The zero-order valence-corrected chi connectivity index (χ0v) is 10.9. The largest absolute Gasteiger partial charge is 0.477 e. The molecule has 0 radical (unpaired) electrons. The number of nitrogens with zero attached hydrogens (tertiary/aromatic N) is 1. The summed E-state index contributed by atoms with van der Waals surface area (Å²) in [6, 6.07) is 0. The molecule has 0 spiro atoms. The van der Waals surface area contributed by atoms with Gasteiger partial charge in [-0.05, 0) is 12.8 Å². The Hall–Kier alpha value is -1.15. The number of carboxylic acid groups (broad SMARTS) is 1. The molecular weight excluding hydrogens is 283 g/mol. The molecule has 0 amide bonds. The molecule has 1 heterocycles. The molecule has 106 valence electrons. The summed E-state index contributed by atoms with van der Waals surface area (Å²) >= 11 is 0.560. The van der Waals surface area contributed by atoms with Gasteiger partial charge in [0.15, 0.2) is 5.69 Å². The zero-order valence-electron chi connectivity index (χ0n) is 10.1. The molecule has 19 heavy (non-hydrogen) atoms. The molecule has 1 fully saturated rings. The highest BCUT2D eigenvalue weighted by Gasteiger charge is 2.45. The number of hydrogen-bond acceptors (Lipinski definition) is 4. The summed E-state index contributed by atoms with van der Waals surface area (Å²) in [7, 11) is 1.42. The van der Waals surface area contributed by atoms with Crippen LogP contribution in [-0.4, -0.2) is 23.2 Å². The van der Waals surface area contributed by atoms with Crippen molar-refractivity contribution in [3.63, 3.8) is 0 Å². The van der Waals surface area contributed by atoms with Crippen LogP contribution in [0, 0.1) is 0 Å². The number of ether oxygens (including phenoxy) is 1. The Morgan fingerprint density at radius 2 is 2.00 bits per heavy atom. The molecule has 1 N–H and O–H groups in total. The first-order valence-corrected chi connectivity index (χ1v) is 6.49. The van der Waals surface area contributed by atoms with Gasteiger partial charge in [0.2, 0.25) is 0 Å². The first kappa shape index (κ1) is 14.3. The summed E-state index contributed by atoms with van der Waals surface area (Å²) in [5, 5.41) is 8.98. The van der Waals surface area contributed by atoms with Crippen LogP contribution in [0.15, 0.2) is 0 Å². The van der Waals surface area contributed by atoms with Crippen molar-refractivity contribution in [3.05, 3.63) is 15.6 Å². The van der Waals surface area contributed by atoms with Gasteiger partial charge in [-0.15, -0.1) is 11.3 Å². The Bertz CT molecular complexity index is 492. The van der Waals surface area contributed by atoms with Crippen LogP contribution in [0.4, 0.5) is 13.2 Å². The van der Waals surface area contributed by atoms with Crippen molar-refractivity contribution in [3.8, 4) is 0 Å². The molecule has 1 aliphatic rings. The van der Waals surface area contributed by atoms with Crippen molar-refractivity contribution >= 4 is 17.3 Å². The van der Waals surface area contributed by atoms with Crippen LogP contribution in [0.3, 0.4) is 0 Å². The van der Waals surface area contributed by atoms with Gasteiger partial charge >= 0.3 is 12.1 Å². The normalized spacial score (nSPS) is 18.7. The number of aromatic carboxylic acids is 1. The molecule has 0 aliphatic heterocycles.